The molecule has 2 rings (SSSR count). The summed E-state index contributed by atoms with van der Waals surface area (Å²) in [5.41, 5.74) is -0.167. The first-order valence-corrected chi connectivity index (χ1v) is 7.08. The van der Waals surface area contributed by atoms with Crippen molar-refractivity contribution in [3.63, 3.8) is 0 Å². The number of hydrogen-bond donors (Lipinski definition) is 2. The van der Waals surface area contributed by atoms with Gasteiger partial charge in [-0.05, 0) is 39.5 Å². The molecule has 17 heavy (non-hydrogen) atoms. The van der Waals surface area contributed by atoms with Crippen LogP contribution in [-0.2, 0) is 4.79 Å². The molecule has 0 radical (unpaired) electrons. The van der Waals surface area contributed by atoms with Crippen molar-refractivity contribution in [2.45, 2.75) is 44.4 Å². The van der Waals surface area contributed by atoms with Crippen molar-refractivity contribution in [1.29, 1.82) is 0 Å². The third-order valence-electron chi connectivity index (χ3n) is 2.74. The Balaban J connectivity index is 1.67. The minimum absolute atomic E-state index is 0.0238. The molecule has 1 atom stereocenters. The average Bonchev–Trinajstić information content (AvgIpc) is 2.93. The second-order valence-electron chi connectivity index (χ2n) is 5.79. The monoisotopic (exact) mass is 255 g/mol. The van der Waals surface area contributed by atoms with Crippen molar-refractivity contribution in [2.75, 3.05) is 13.1 Å². The molecule has 2 N–H and O–H groups in total. The summed E-state index contributed by atoms with van der Waals surface area (Å²) >= 11 is 1.80. The zero-order valence-electron chi connectivity index (χ0n) is 10.7. The molecule has 1 saturated carbocycles. The largest absolute Gasteiger partial charge is 0.356 e. The molecule has 1 unspecified atom stereocenters. The van der Waals surface area contributed by atoms with Crippen LogP contribution in [-0.4, -0.2) is 35.0 Å². The molecule has 0 aromatic carbocycles. The van der Waals surface area contributed by atoms with Crippen LogP contribution >= 0.6 is 11.8 Å². The normalized spacial score (nSPS) is 24.4. The van der Waals surface area contributed by atoms with Gasteiger partial charge < -0.3 is 10.6 Å². The first-order chi connectivity index (χ1) is 7.94. The summed E-state index contributed by atoms with van der Waals surface area (Å²) in [6.07, 6.45) is 2.70. The van der Waals surface area contributed by atoms with Gasteiger partial charge in [0.15, 0.2) is 5.17 Å². The van der Waals surface area contributed by atoms with E-state index in [1.54, 1.807) is 11.8 Å². The van der Waals surface area contributed by atoms with Gasteiger partial charge in [0.2, 0.25) is 5.91 Å². The van der Waals surface area contributed by atoms with Crippen LogP contribution in [0.4, 0.5) is 0 Å². The van der Waals surface area contributed by atoms with Crippen molar-refractivity contribution in [2.24, 2.45) is 10.9 Å². The maximum atomic E-state index is 11.6. The Bertz CT molecular complexity index is 331. The van der Waals surface area contributed by atoms with E-state index in [-0.39, 0.29) is 11.4 Å². The molecule has 0 spiro atoms. The van der Waals surface area contributed by atoms with E-state index in [1.165, 1.54) is 12.8 Å². The summed E-state index contributed by atoms with van der Waals surface area (Å²) in [4.78, 5) is 16.0. The summed E-state index contributed by atoms with van der Waals surface area (Å²) < 4.78 is 0. The van der Waals surface area contributed by atoms with Gasteiger partial charge in [-0.1, -0.05) is 11.8 Å². The fourth-order valence-electron chi connectivity index (χ4n) is 1.82. The first-order valence-electron chi connectivity index (χ1n) is 6.20. The van der Waals surface area contributed by atoms with E-state index in [0.717, 1.165) is 17.6 Å². The summed E-state index contributed by atoms with van der Waals surface area (Å²) in [7, 11) is 0. The molecule has 0 bridgehead atoms. The SMILES string of the molecule is CC(C)(C)NC(=O)CNC1=NCC(C2CC2)S1. The quantitative estimate of drug-likeness (QED) is 0.801. The van der Waals surface area contributed by atoms with Gasteiger partial charge in [-0.2, -0.15) is 0 Å². The lowest BCUT2D eigenvalue weighted by Crippen LogP contribution is -2.45. The summed E-state index contributed by atoms with van der Waals surface area (Å²) in [5, 5.41) is 7.63. The minimum atomic E-state index is -0.167. The Labute approximate surface area is 107 Å². The fourth-order valence-corrected chi connectivity index (χ4v) is 3.03. The molecule has 4 nitrogen and oxygen atoms in total. The lowest BCUT2D eigenvalue weighted by molar-refractivity contribution is -0.121. The van der Waals surface area contributed by atoms with Gasteiger partial charge in [-0.3, -0.25) is 9.79 Å². The third-order valence-corrected chi connectivity index (χ3v) is 4.07. The van der Waals surface area contributed by atoms with Crippen LogP contribution in [0.3, 0.4) is 0 Å². The highest BCUT2D eigenvalue weighted by molar-refractivity contribution is 8.14. The van der Waals surface area contributed by atoms with E-state index < -0.39 is 0 Å². The molecular weight excluding hydrogens is 234 g/mol. The van der Waals surface area contributed by atoms with E-state index in [2.05, 4.69) is 15.6 Å². The van der Waals surface area contributed by atoms with Gasteiger partial charge in [-0.15, -0.1) is 0 Å². The van der Waals surface area contributed by atoms with Crippen LogP contribution in [0.5, 0.6) is 0 Å². The standard InChI is InChI=1S/C12H21N3OS/c1-12(2,3)15-10(16)7-14-11-13-6-9(17-11)8-4-5-8/h8-9H,4-7H2,1-3H3,(H,13,14)(H,15,16). The van der Waals surface area contributed by atoms with Crippen LogP contribution in [0.25, 0.3) is 0 Å². The molecule has 1 amide bonds. The lowest BCUT2D eigenvalue weighted by Gasteiger charge is -2.20. The van der Waals surface area contributed by atoms with Gasteiger partial charge >= 0.3 is 0 Å². The molecule has 0 aromatic rings. The van der Waals surface area contributed by atoms with E-state index in [4.69, 9.17) is 0 Å². The molecule has 1 aliphatic heterocycles. The molecule has 1 fully saturated rings. The zero-order valence-corrected chi connectivity index (χ0v) is 11.6. The Morgan fingerprint density at radius 2 is 2.18 bits per heavy atom. The number of amides is 1. The highest BCUT2D eigenvalue weighted by Crippen LogP contribution is 2.41. The molecule has 0 aromatic heterocycles. The molecule has 96 valence electrons. The Kier molecular flexibility index (Phi) is 3.66. The molecule has 1 aliphatic carbocycles. The molecule has 2 aliphatic rings. The highest BCUT2D eigenvalue weighted by atomic mass is 32.2. The minimum Gasteiger partial charge on any atom is -0.356 e. The molecule has 0 saturated heterocycles. The Hall–Kier alpha value is -0.710. The van der Waals surface area contributed by atoms with Gasteiger partial charge in [-0.25, -0.2) is 0 Å². The number of amidine groups is 1. The van der Waals surface area contributed by atoms with Crippen LogP contribution in [0, 0.1) is 5.92 Å². The predicted octanol–water partition coefficient (Wildman–Crippen LogP) is 1.37. The molecule has 1 heterocycles. The van der Waals surface area contributed by atoms with Gasteiger partial charge in [0.05, 0.1) is 13.1 Å². The van der Waals surface area contributed by atoms with Crippen molar-refractivity contribution in [3.8, 4) is 0 Å². The number of hydrogen-bond acceptors (Lipinski definition) is 4. The van der Waals surface area contributed by atoms with Crippen molar-refractivity contribution in [3.05, 3.63) is 0 Å². The second kappa shape index (κ2) is 4.88. The fraction of sp³-hybridized carbons (Fsp3) is 0.833. The first kappa shape index (κ1) is 12.7. The lowest BCUT2D eigenvalue weighted by atomic mass is 10.1. The number of nitrogens with zero attached hydrogens (tertiary/aromatic N) is 1. The maximum Gasteiger partial charge on any atom is 0.239 e. The van der Waals surface area contributed by atoms with Crippen molar-refractivity contribution in [1.82, 2.24) is 10.6 Å². The number of aliphatic imine (C=N–C) groups is 1. The number of nitrogens with one attached hydrogen (secondary N) is 2. The Morgan fingerprint density at radius 3 is 2.76 bits per heavy atom. The van der Waals surface area contributed by atoms with Crippen LogP contribution < -0.4 is 10.6 Å². The predicted molar refractivity (Wildman–Crippen MR) is 72.3 cm³/mol. The van der Waals surface area contributed by atoms with Crippen LogP contribution in [0.1, 0.15) is 33.6 Å². The number of carbonyl (C=O) groups excluding carboxylic acids is 1. The zero-order chi connectivity index (χ0) is 12.5. The van der Waals surface area contributed by atoms with Crippen molar-refractivity contribution >= 4 is 22.8 Å². The van der Waals surface area contributed by atoms with Crippen molar-refractivity contribution < 1.29 is 4.79 Å². The maximum absolute atomic E-state index is 11.6. The van der Waals surface area contributed by atoms with E-state index in [1.807, 2.05) is 20.8 Å². The Morgan fingerprint density at radius 1 is 1.47 bits per heavy atom. The second-order valence-corrected chi connectivity index (χ2v) is 7.02. The average molecular weight is 255 g/mol. The topological polar surface area (TPSA) is 53.5 Å². The van der Waals surface area contributed by atoms with E-state index >= 15 is 0 Å². The van der Waals surface area contributed by atoms with E-state index in [0.29, 0.717) is 11.8 Å². The summed E-state index contributed by atoms with van der Waals surface area (Å²) in [6, 6.07) is 0. The van der Waals surface area contributed by atoms with Crippen LogP contribution in [0.15, 0.2) is 4.99 Å². The summed E-state index contributed by atoms with van der Waals surface area (Å²) in [5.74, 6) is 0.891. The molecular formula is C12H21N3OS. The van der Waals surface area contributed by atoms with Gasteiger partial charge in [0, 0.05) is 10.8 Å². The van der Waals surface area contributed by atoms with Crippen LogP contribution in [0.2, 0.25) is 0 Å². The van der Waals surface area contributed by atoms with E-state index in [9.17, 15) is 4.79 Å². The molecule has 5 heteroatoms. The third kappa shape index (κ3) is 4.22. The smallest absolute Gasteiger partial charge is 0.239 e. The number of carbonyl (C=O) groups is 1. The highest BCUT2D eigenvalue weighted by Gasteiger charge is 2.35. The number of rotatable bonds is 3. The summed E-state index contributed by atoms with van der Waals surface area (Å²) in [6.45, 7) is 7.18. The number of thioether (sulfide) groups is 1. The van der Waals surface area contributed by atoms with Gasteiger partial charge in [0.25, 0.3) is 0 Å². The van der Waals surface area contributed by atoms with Gasteiger partial charge in [0.1, 0.15) is 0 Å².